The molecule has 1 N–H and O–H groups in total. The zero-order valence-electron chi connectivity index (χ0n) is 16.7. The molecule has 150 valence electrons. The number of hydrogen-bond acceptors (Lipinski definition) is 2. The van der Waals surface area contributed by atoms with Gasteiger partial charge in [0.15, 0.2) is 5.78 Å². The van der Waals surface area contributed by atoms with Crippen molar-refractivity contribution in [2.24, 2.45) is 11.8 Å². The predicted octanol–water partition coefficient (Wildman–Crippen LogP) is 6.49. The number of aliphatic hydroxyl groups is 1. The van der Waals surface area contributed by atoms with Crippen LogP contribution in [-0.2, 0) is 0 Å². The first-order valence-electron chi connectivity index (χ1n) is 11.1. The van der Waals surface area contributed by atoms with Crippen molar-refractivity contribution in [3.05, 3.63) is 35.4 Å². The van der Waals surface area contributed by atoms with Gasteiger partial charge in [-0.15, -0.1) is 11.6 Å². The predicted molar refractivity (Wildman–Crippen MR) is 113 cm³/mol. The molecular weight excluding hydrogens is 356 g/mol. The van der Waals surface area contributed by atoms with E-state index in [1.807, 2.05) is 12.1 Å². The monoisotopic (exact) mass is 390 g/mol. The topological polar surface area (TPSA) is 37.3 Å². The highest BCUT2D eigenvalue weighted by Gasteiger charge is 2.41. The third-order valence-corrected chi connectivity index (χ3v) is 7.26. The van der Waals surface area contributed by atoms with Gasteiger partial charge in [-0.3, -0.25) is 4.79 Å². The van der Waals surface area contributed by atoms with E-state index in [1.54, 1.807) is 0 Å². The number of alkyl halides is 1. The van der Waals surface area contributed by atoms with E-state index in [1.165, 1.54) is 44.9 Å². The van der Waals surface area contributed by atoms with Crippen molar-refractivity contribution in [2.45, 2.75) is 95.0 Å². The third kappa shape index (κ3) is 5.15. The van der Waals surface area contributed by atoms with Crippen molar-refractivity contribution in [1.82, 2.24) is 0 Å². The fourth-order valence-electron chi connectivity index (χ4n) is 5.17. The van der Waals surface area contributed by atoms with Gasteiger partial charge in [-0.05, 0) is 37.2 Å². The standard InChI is InChI=1S/C24H35ClO2/c1-2-3-4-8-11-20-21(25)16-22(26)23(20)17-12-14-19(15-13-17)24(27)18-9-6-5-7-10-18/h12-15,18,20-23,26H,2-11,16H2,1H3/t20?,21-,22-,23?/m1/s1. The summed E-state index contributed by atoms with van der Waals surface area (Å²) in [5.74, 6) is 0.950. The highest BCUT2D eigenvalue weighted by Crippen LogP contribution is 2.45. The molecule has 4 atom stereocenters. The number of ketones is 1. The van der Waals surface area contributed by atoms with Crippen LogP contribution in [0.3, 0.4) is 0 Å². The number of halogens is 1. The number of hydrogen-bond donors (Lipinski definition) is 1. The normalized spacial score (nSPS) is 29.1. The Bertz CT molecular complexity index is 591. The summed E-state index contributed by atoms with van der Waals surface area (Å²) >= 11 is 6.60. The molecule has 2 nitrogen and oxygen atoms in total. The molecule has 2 aliphatic carbocycles. The number of carbonyl (C=O) groups is 1. The molecule has 0 radical (unpaired) electrons. The van der Waals surface area contributed by atoms with E-state index in [2.05, 4.69) is 19.1 Å². The van der Waals surface area contributed by atoms with Gasteiger partial charge in [0.05, 0.1) is 6.10 Å². The largest absolute Gasteiger partial charge is 0.392 e. The van der Waals surface area contributed by atoms with E-state index >= 15 is 0 Å². The summed E-state index contributed by atoms with van der Waals surface area (Å²) in [5.41, 5.74) is 1.98. The van der Waals surface area contributed by atoms with Crippen LogP contribution in [0.1, 0.15) is 99.4 Å². The van der Waals surface area contributed by atoms with Gasteiger partial charge in [0.1, 0.15) is 0 Å². The first kappa shape index (κ1) is 20.9. The van der Waals surface area contributed by atoms with Crippen LogP contribution in [-0.4, -0.2) is 22.4 Å². The van der Waals surface area contributed by atoms with Crippen LogP contribution < -0.4 is 0 Å². The summed E-state index contributed by atoms with van der Waals surface area (Å²) in [6.45, 7) is 2.22. The first-order valence-corrected chi connectivity index (χ1v) is 11.5. The molecule has 1 aromatic carbocycles. The third-order valence-electron chi connectivity index (χ3n) is 6.75. The molecule has 2 aliphatic rings. The lowest BCUT2D eigenvalue weighted by atomic mass is 9.82. The van der Waals surface area contributed by atoms with Crippen molar-refractivity contribution in [3.63, 3.8) is 0 Å². The first-order chi connectivity index (χ1) is 13.1. The fourth-order valence-corrected chi connectivity index (χ4v) is 5.63. The van der Waals surface area contributed by atoms with Gasteiger partial charge in [-0.25, -0.2) is 0 Å². The molecule has 1 aromatic rings. The molecule has 2 saturated carbocycles. The maximum Gasteiger partial charge on any atom is 0.165 e. The van der Waals surface area contributed by atoms with Crippen molar-refractivity contribution >= 4 is 17.4 Å². The summed E-state index contributed by atoms with van der Waals surface area (Å²) in [5, 5.41) is 10.7. The molecule has 0 aliphatic heterocycles. The summed E-state index contributed by atoms with van der Waals surface area (Å²) in [6, 6.07) is 8.10. The van der Waals surface area contributed by atoms with E-state index in [0.717, 1.165) is 30.4 Å². The Labute approximate surface area is 169 Å². The molecule has 0 saturated heterocycles. The molecule has 27 heavy (non-hydrogen) atoms. The Morgan fingerprint density at radius 1 is 1.07 bits per heavy atom. The minimum atomic E-state index is -0.372. The quantitative estimate of drug-likeness (QED) is 0.313. The Hall–Kier alpha value is -0.860. The van der Waals surface area contributed by atoms with Crippen LogP contribution in [0, 0.1) is 11.8 Å². The number of benzene rings is 1. The molecule has 0 aromatic heterocycles. The van der Waals surface area contributed by atoms with Gasteiger partial charge in [-0.2, -0.15) is 0 Å². The highest BCUT2D eigenvalue weighted by molar-refractivity contribution is 6.21. The van der Waals surface area contributed by atoms with E-state index in [4.69, 9.17) is 11.6 Å². The minimum absolute atomic E-state index is 0.0511. The van der Waals surface area contributed by atoms with Crippen LogP contribution in [0.15, 0.2) is 24.3 Å². The second kappa shape index (κ2) is 10.1. The van der Waals surface area contributed by atoms with Crippen LogP contribution >= 0.6 is 11.6 Å². The van der Waals surface area contributed by atoms with Crippen LogP contribution in [0.5, 0.6) is 0 Å². The van der Waals surface area contributed by atoms with E-state index in [-0.39, 0.29) is 23.3 Å². The number of Topliss-reactive ketones (excluding diaryl/α,β-unsaturated/α-hetero) is 1. The van der Waals surface area contributed by atoms with Gasteiger partial charge >= 0.3 is 0 Å². The van der Waals surface area contributed by atoms with Crippen molar-refractivity contribution in [3.8, 4) is 0 Å². The molecule has 3 heteroatoms. The average molecular weight is 391 g/mol. The Balaban J connectivity index is 1.67. The zero-order valence-corrected chi connectivity index (χ0v) is 17.5. The number of rotatable bonds is 8. The number of carbonyl (C=O) groups excluding carboxylic acids is 1. The van der Waals surface area contributed by atoms with Gasteiger partial charge in [0, 0.05) is 22.8 Å². The summed E-state index contributed by atoms with van der Waals surface area (Å²) in [7, 11) is 0. The Morgan fingerprint density at radius 2 is 1.78 bits per heavy atom. The van der Waals surface area contributed by atoms with Gasteiger partial charge in [0.2, 0.25) is 0 Å². The Morgan fingerprint density at radius 3 is 2.44 bits per heavy atom. The maximum absolute atomic E-state index is 12.7. The van der Waals surface area contributed by atoms with E-state index in [0.29, 0.717) is 18.1 Å². The molecule has 0 heterocycles. The molecular formula is C24H35ClO2. The molecule has 2 fully saturated rings. The molecule has 2 unspecified atom stereocenters. The lowest BCUT2D eigenvalue weighted by Crippen LogP contribution is -2.20. The second-order valence-corrected chi connectivity index (χ2v) is 9.24. The Kier molecular flexibility index (Phi) is 7.78. The molecule has 0 amide bonds. The van der Waals surface area contributed by atoms with Crippen molar-refractivity contribution in [2.75, 3.05) is 0 Å². The lowest BCUT2D eigenvalue weighted by Gasteiger charge is -2.24. The van der Waals surface area contributed by atoms with Crippen molar-refractivity contribution in [1.29, 1.82) is 0 Å². The fraction of sp³-hybridized carbons (Fsp3) is 0.708. The maximum atomic E-state index is 12.7. The summed E-state index contributed by atoms with van der Waals surface area (Å²) < 4.78 is 0. The van der Waals surface area contributed by atoms with Crippen LogP contribution in [0.2, 0.25) is 0 Å². The van der Waals surface area contributed by atoms with Gasteiger partial charge in [0.25, 0.3) is 0 Å². The smallest absolute Gasteiger partial charge is 0.165 e. The molecule has 3 rings (SSSR count). The van der Waals surface area contributed by atoms with E-state index < -0.39 is 0 Å². The van der Waals surface area contributed by atoms with Crippen LogP contribution in [0.4, 0.5) is 0 Å². The van der Waals surface area contributed by atoms with Crippen molar-refractivity contribution < 1.29 is 9.90 Å². The minimum Gasteiger partial charge on any atom is -0.392 e. The van der Waals surface area contributed by atoms with Crippen LogP contribution in [0.25, 0.3) is 0 Å². The SMILES string of the molecule is CCCCCCC1C(c2ccc(C(=O)C3CCCCC3)cc2)[C@H](O)C[C@H]1Cl. The number of unbranched alkanes of at least 4 members (excludes halogenated alkanes) is 3. The lowest BCUT2D eigenvalue weighted by molar-refractivity contribution is 0.0889. The summed E-state index contributed by atoms with van der Waals surface area (Å²) in [4.78, 5) is 12.7. The summed E-state index contributed by atoms with van der Waals surface area (Å²) in [6.07, 6.45) is 12.0. The van der Waals surface area contributed by atoms with E-state index in [9.17, 15) is 9.90 Å². The average Bonchev–Trinajstić information content (AvgIpc) is 2.98. The number of aliphatic hydroxyl groups excluding tert-OH is 1. The molecule has 0 spiro atoms. The van der Waals surface area contributed by atoms with Gasteiger partial charge in [-0.1, -0.05) is 76.1 Å². The van der Waals surface area contributed by atoms with Gasteiger partial charge < -0.3 is 5.11 Å². The highest BCUT2D eigenvalue weighted by atomic mass is 35.5. The molecule has 0 bridgehead atoms. The zero-order chi connectivity index (χ0) is 19.2. The second-order valence-electron chi connectivity index (χ2n) is 8.68.